The Kier molecular flexibility index (Phi) is 4.27. The van der Waals surface area contributed by atoms with Gasteiger partial charge in [0.1, 0.15) is 0 Å². The highest BCUT2D eigenvalue weighted by Gasteiger charge is 2.21. The van der Waals surface area contributed by atoms with Crippen molar-refractivity contribution in [1.82, 2.24) is 0 Å². The molecule has 1 rings (SSSR count). The second-order valence-corrected chi connectivity index (χ2v) is 6.07. The van der Waals surface area contributed by atoms with Gasteiger partial charge in [0.05, 0.1) is 29.2 Å². The molecule has 0 fully saturated rings. The van der Waals surface area contributed by atoms with Gasteiger partial charge in [0.2, 0.25) is 0 Å². The standard InChI is InChI=1S/C12H15NO3S/c1-9-3-4-12(10(2)7-9)17(15,16)8-11(14)5-6-13/h3-4,7,11,14H,5,8H2,1-2H3. The average Bonchev–Trinajstić information content (AvgIpc) is 2.15. The molecule has 0 heterocycles. The van der Waals surface area contributed by atoms with Crippen LogP contribution < -0.4 is 0 Å². The summed E-state index contributed by atoms with van der Waals surface area (Å²) in [6, 6.07) is 6.79. The van der Waals surface area contributed by atoms with Crippen molar-refractivity contribution in [3.63, 3.8) is 0 Å². The van der Waals surface area contributed by atoms with E-state index in [4.69, 9.17) is 5.26 Å². The van der Waals surface area contributed by atoms with Crippen LogP contribution in [-0.4, -0.2) is 25.4 Å². The van der Waals surface area contributed by atoms with Gasteiger partial charge in [-0.25, -0.2) is 8.42 Å². The van der Waals surface area contributed by atoms with Gasteiger partial charge < -0.3 is 5.11 Å². The van der Waals surface area contributed by atoms with Crippen molar-refractivity contribution in [2.24, 2.45) is 0 Å². The maximum atomic E-state index is 12.0. The van der Waals surface area contributed by atoms with E-state index in [-0.39, 0.29) is 11.3 Å². The Bertz CT molecular complexity index is 543. The molecule has 0 aromatic heterocycles. The van der Waals surface area contributed by atoms with Crippen LogP contribution in [0.2, 0.25) is 0 Å². The lowest BCUT2D eigenvalue weighted by Gasteiger charge is -2.10. The highest BCUT2D eigenvalue weighted by atomic mass is 32.2. The molecule has 0 aliphatic carbocycles. The van der Waals surface area contributed by atoms with Crippen LogP contribution in [0.15, 0.2) is 23.1 Å². The van der Waals surface area contributed by atoms with E-state index in [0.717, 1.165) is 5.56 Å². The number of aliphatic hydroxyl groups excluding tert-OH is 1. The van der Waals surface area contributed by atoms with E-state index >= 15 is 0 Å². The Labute approximate surface area is 101 Å². The van der Waals surface area contributed by atoms with E-state index in [1.807, 2.05) is 6.92 Å². The summed E-state index contributed by atoms with van der Waals surface area (Å²) in [5.41, 5.74) is 1.65. The van der Waals surface area contributed by atoms with Crippen LogP contribution in [0.4, 0.5) is 0 Å². The number of benzene rings is 1. The molecule has 0 radical (unpaired) electrons. The van der Waals surface area contributed by atoms with Crippen molar-refractivity contribution in [2.45, 2.75) is 31.3 Å². The fourth-order valence-electron chi connectivity index (χ4n) is 1.66. The summed E-state index contributed by atoms with van der Waals surface area (Å²) in [6.07, 6.45) is -1.31. The maximum absolute atomic E-state index is 12.0. The summed E-state index contributed by atoms with van der Waals surface area (Å²) >= 11 is 0. The lowest BCUT2D eigenvalue weighted by Crippen LogP contribution is -2.21. The van der Waals surface area contributed by atoms with Crippen LogP contribution in [0.5, 0.6) is 0 Å². The van der Waals surface area contributed by atoms with Gasteiger partial charge in [-0.15, -0.1) is 0 Å². The molecule has 0 aliphatic rings. The average molecular weight is 253 g/mol. The third-order valence-corrected chi connectivity index (χ3v) is 4.36. The van der Waals surface area contributed by atoms with E-state index in [1.165, 1.54) is 0 Å². The van der Waals surface area contributed by atoms with E-state index in [2.05, 4.69) is 0 Å². The molecule has 1 aromatic rings. The van der Waals surface area contributed by atoms with Gasteiger partial charge >= 0.3 is 0 Å². The third-order valence-electron chi connectivity index (χ3n) is 2.40. The number of rotatable bonds is 4. The zero-order chi connectivity index (χ0) is 13.1. The molecule has 0 bridgehead atoms. The Morgan fingerprint density at radius 2 is 2.06 bits per heavy atom. The predicted molar refractivity (Wildman–Crippen MR) is 64.2 cm³/mol. The van der Waals surface area contributed by atoms with E-state index in [1.54, 1.807) is 31.2 Å². The number of sulfone groups is 1. The molecule has 1 aromatic carbocycles. The van der Waals surface area contributed by atoms with Gasteiger partial charge in [-0.3, -0.25) is 0 Å². The van der Waals surface area contributed by atoms with Gasteiger partial charge in [0.25, 0.3) is 0 Å². The molecule has 5 heteroatoms. The van der Waals surface area contributed by atoms with Crippen molar-refractivity contribution < 1.29 is 13.5 Å². The summed E-state index contributed by atoms with van der Waals surface area (Å²) in [4.78, 5) is 0.222. The first-order valence-corrected chi connectivity index (χ1v) is 6.87. The van der Waals surface area contributed by atoms with E-state index in [0.29, 0.717) is 5.56 Å². The highest BCUT2D eigenvalue weighted by molar-refractivity contribution is 7.91. The Morgan fingerprint density at radius 1 is 1.41 bits per heavy atom. The van der Waals surface area contributed by atoms with Crippen LogP contribution in [0.3, 0.4) is 0 Å². The molecular weight excluding hydrogens is 238 g/mol. The van der Waals surface area contributed by atoms with Crippen molar-refractivity contribution in [3.05, 3.63) is 29.3 Å². The highest BCUT2D eigenvalue weighted by Crippen LogP contribution is 2.19. The summed E-state index contributed by atoms with van der Waals surface area (Å²) in [6.45, 7) is 3.60. The summed E-state index contributed by atoms with van der Waals surface area (Å²) in [5, 5.41) is 17.8. The van der Waals surface area contributed by atoms with Gasteiger partial charge in [-0.05, 0) is 25.5 Å². The second-order valence-electron chi connectivity index (χ2n) is 4.07. The minimum absolute atomic E-state index is 0.176. The minimum atomic E-state index is -3.53. The number of aliphatic hydroxyl groups is 1. The number of hydrogen-bond acceptors (Lipinski definition) is 4. The fourth-order valence-corrected chi connectivity index (χ4v) is 3.28. The summed E-state index contributed by atoms with van der Waals surface area (Å²) in [7, 11) is -3.53. The first kappa shape index (κ1) is 13.7. The van der Waals surface area contributed by atoms with E-state index in [9.17, 15) is 13.5 Å². The van der Waals surface area contributed by atoms with Gasteiger partial charge in [0.15, 0.2) is 9.84 Å². The maximum Gasteiger partial charge on any atom is 0.181 e. The second kappa shape index (κ2) is 5.30. The molecule has 0 aliphatic heterocycles. The molecular formula is C12H15NO3S. The molecule has 0 saturated carbocycles. The molecule has 17 heavy (non-hydrogen) atoms. The number of aryl methyl sites for hydroxylation is 2. The topological polar surface area (TPSA) is 78.2 Å². The number of nitriles is 1. The fraction of sp³-hybridized carbons (Fsp3) is 0.417. The van der Waals surface area contributed by atoms with Crippen molar-refractivity contribution >= 4 is 9.84 Å². The molecule has 4 nitrogen and oxygen atoms in total. The first-order chi connectivity index (χ1) is 7.86. The minimum Gasteiger partial charge on any atom is -0.391 e. The van der Waals surface area contributed by atoms with Crippen LogP contribution in [0.1, 0.15) is 17.5 Å². The zero-order valence-electron chi connectivity index (χ0n) is 9.84. The third kappa shape index (κ3) is 3.55. The predicted octanol–water partition coefficient (Wildman–Crippen LogP) is 1.35. The zero-order valence-corrected chi connectivity index (χ0v) is 10.7. The molecule has 1 unspecified atom stereocenters. The van der Waals surface area contributed by atoms with Crippen LogP contribution in [-0.2, 0) is 9.84 Å². The Balaban J connectivity index is 3.02. The van der Waals surface area contributed by atoms with Gasteiger partial charge in [-0.2, -0.15) is 5.26 Å². The monoisotopic (exact) mass is 253 g/mol. The van der Waals surface area contributed by atoms with Crippen LogP contribution in [0, 0.1) is 25.2 Å². The van der Waals surface area contributed by atoms with Crippen LogP contribution in [0.25, 0.3) is 0 Å². The molecule has 1 atom stereocenters. The largest absolute Gasteiger partial charge is 0.391 e. The lowest BCUT2D eigenvalue weighted by atomic mass is 10.2. The lowest BCUT2D eigenvalue weighted by molar-refractivity contribution is 0.202. The van der Waals surface area contributed by atoms with Gasteiger partial charge in [0, 0.05) is 0 Å². The SMILES string of the molecule is Cc1ccc(S(=O)(=O)CC(O)CC#N)c(C)c1. The van der Waals surface area contributed by atoms with Crippen molar-refractivity contribution in [2.75, 3.05) is 5.75 Å². The number of nitrogens with zero attached hydrogens (tertiary/aromatic N) is 1. The van der Waals surface area contributed by atoms with Crippen molar-refractivity contribution in [1.29, 1.82) is 5.26 Å². The smallest absolute Gasteiger partial charge is 0.181 e. The molecule has 92 valence electrons. The summed E-state index contributed by atoms with van der Waals surface area (Å²) in [5.74, 6) is -0.412. The molecule has 0 saturated heterocycles. The molecule has 0 amide bonds. The molecule has 0 spiro atoms. The van der Waals surface area contributed by atoms with Crippen LogP contribution >= 0.6 is 0 Å². The quantitative estimate of drug-likeness (QED) is 0.878. The normalized spacial score (nSPS) is 13.1. The van der Waals surface area contributed by atoms with E-state index < -0.39 is 21.7 Å². The Hall–Kier alpha value is -1.38. The first-order valence-electron chi connectivity index (χ1n) is 5.22. The summed E-state index contributed by atoms with van der Waals surface area (Å²) < 4.78 is 24.0. The number of hydrogen-bond donors (Lipinski definition) is 1. The van der Waals surface area contributed by atoms with Gasteiger partial charge in [-0.1, -0.05) is 17.7 Å². The Morgan fingerprint density at radius 3 is 2.59 bits per heavy atom. The molecule has 1 N–H and O–H groups in total. The van der Waals surface area contributed by atoms with Crippen molar-refractivity contribution in [3.8, 4) is 6.07 Å².